The Labute approximate surface area is 67.6 Å². The Morgan fingerprint density at radius 2 is 1.36 bits per heavy atom. The summed E-state index contributed by atoms with van der Waals surface area (Å²) in [7, 11) is 0. The van der Waals surface area contributed by atoms with Gasteiger partial charge < -0.3 is 0 Å². The van der Waals surface area contributed by atoms with E-state index in [0.29, 0.717) is 0 Å². The first-order chi connectivity index (χ1) is 5.12. The number of hydrogen-bond donors (Lipinski definition) is 0. The van der Waals surface area contributed by atoms with Crippen molar-refractivity contribution < 1.29 is 8.78 Å². The maximum atomic E-state index is 12.3. The minimum absolute atomic E-state index is 0.265. The molecule has 0 aliphatic heterocycles. The number of allylic oxidation sites excluding steroid dienone is 2. The van der Waals surface area contributed by atoms with E-state index in [9.17, 15) is 8.78 Å². The van der Waals surface area contributed by atoms with Crippen molar-refractivity contribution in [3.05, 3.63) is 25.3 Å². The summed E-state index contributed by atoms with van der Waals surface area (Å²) in [6, 6.07) is 0. The monoisotopic (exact) mass is 162 g/mol. The lowest BCUT2D eigenvalue weighted by Gasteiger charge is -2.09. The maximum Gasteiger partial charge on any atom is 0.254 e. The van der Waals surface area contributed by atoms with Crippen molar-refractivity contribution >= 4 is 0 Å². The molecular formula is C9H16F2. The molecule has 0 spiro atoms. The van der Waals surface area contributed by atoms with Crippen molar-refractivity contribution in [3.63, 3.8) is 0 Å². The van der Waals surface area contributed by atoms with Crippen molar-refractivity contribution in [2.75, 3.05) is 0 Å². The van der Waals surface area contributed by atoms with Crippen LogP contribution in [0.5, 0.6) is 0 Å². The predicted octanol–water partition coefficient (Wildman–Crippen LogP) is 3.80. The van der Waals surface area contributed by atoms with Crippen LogP contribution in [0.1, 0.15) is 26.7 Å². The van der Waals surface area contributed by atoms with Crippen LogP contribution in [-0.4, -0.2) is 5.92 Å². The molecule has 0 rings (SSSR count). The highest BCUT2D eigenvalue weighted by Gasteiger charge is 2.24. The molecule has 0 bridgehead atoms. The van der Waals surface area contributed by atoms with Crippen LogP contribution >= 0.6 is 0 Å². The van der Waals surface area contributed by atoms with E-state index < -0.39 is 5.92 Å². The van der Waals surface area contributed by atoms with E-state index >= 15 is 0 Å². The van der Waals surface area contributed by atoms with Gasteiger partial charge in [-0.3, -0.25) is 0 Å². The van der Waals surface area contributed by atoms with E-state index in [1.165, 1.54) is 12.2 Å². The average molecular weight is 162 g/mol. The summed E-state index contributed by atoms with van der Waals surface area (Å²) in [4.78, 5) is 0. The largest absolute Gasteiger partial charge is 0.254 e. The normalized spacial score (nSPS) is 9.45. The fourth-order valence-corrected chi connectivity index (χ4v) is 0.506. The molecule has 0 aliphatic rings. The summed E-state index contributed by atoms with van der Waals surface area (Å²) >= 11 is 0. The first-order valence-corrected chi connectivity index (χ1v) is 3.72. The predicted molar refractivity (Wildman–Crippen MR) is 45.9 cm³/mol. The van der Waals surface area contributed by atoms with Gasteiger partial charge in [-0.2, -0.15) is 0 Å². The molecule has 0 heterocycles. The van der Waals surface area contributed by atoms with E-state index in [2.05, 4.69) is 13.2 Å². The van der Waals surface area contributed by atoms with E-state index in [0.717, 1.165) is 0 Å². The van der Waals surface area contributed by atoms with Gasteiger partial charge in [0.25, 0.3) is 5.92 Å². The summed E-state index contributed by atoms with van der Waals surface area (Å²) in [6.07, 6.45) is 1.89. The van der Waals surface area contributed by atoms with Gasteiger partial charge in [0.1, 0.15) is 0 Å². The molecule has 0 amide bonds. The van der Waals surface area contributed by atoms with Crippen LogP contribution in [0.15, 0.2) is 25.3 Å². The Kier molecular flexibility index (Phi) is 8.78. The van der Waals surface area contributed by atoms with Crippen molar-refractivity contribution in [3.8, 4) is 0 Å². The second-order valence-electron chi connectivity index (χ2n) is 1.84. The topological polar surface area (TPSA) is 0 Å². The van der Waals surface area contributed by atoms with Crippen molar-refractivity contribution in [2.45, 2.75) is 32.6 Å². The molecule has 0 aromatic heterocycles. The summed E-state index contributed by atoms with van der Waals surface area (Å²) in [5.41, 5.74) is 0. The standard InChI is InChI=1S/C7H10F2.C2H6/c1-3-5-7(8,9)6-4-2;1-2/h3-4H,1-2,5-6H2;1-2H3. The molecule has 0 saturated heterocycles. The highest BCUT2D eigenvalue weighted by Crippen LogP contribution is 2.22. The number of alkyl halides is 2. The minimum atomic E-state index is -2.64. The molecule has 0 N–H and O–H groups in total. The van der Waals surface area contributed by atoms with Crippen LogP contribution in [0.3, 0.4) is 0 Å². The zero-order valence-corrected chi connectivity index (χ0v) is 7.24. The Bertz CT molecular complexity index is 94.1. The third-order valence-corrected chi connectivity index (χ3v) is 0.886. The van der Waals surface area contributed by atoms with Gasteiger partial charge in [-0.05, 0) is 0 Å². The second kappa shape index (κ2) is 7.45. The quantitative estimate of drug-likeness (QED) is 0.551. The third-order valence-electron chi connectivity index (χ3n) is 0.886. The fourth-order valence-electron chi connectivity index (χ4n) is 0.506. The number of hydrogen-bond acceptors (Lipinski definition) is 0. The molecule has 11 heavy (non-hydrogen) atoms. The molecule has 66 valence electrons. The summed E-state index contributed by atoms with van der Waals surface area (Å²) < 4.78 is 24.6. The van der Waals surface area contributed by atoms with Gasteiger partial charge >= 0.3 is 0 Å². The minimum Gasteiger partial charge on any atom is -0.206 e. The van der Waals surface area contributed by atoms with Gasteiger partial charge in [0.15, 0.2) is 0 Å². The van der Waals surface area contributed by atoms with Crippen LogP contribution in [0.4, 0.5) is 8.78 Å². The molecule has 0 aromatic carbocycles. The average Bonchev–Trinajstić information content (AvgIpc) is 1.91. The van der Waals surface area contributed by atoms with Gasteiger partial charge in [-0.15, -0.1) is 13.2 Å². The maximum absolute atomic E-state index is 12.3. The van der Waals surface area contributed by atoms with Gasteiger partial charge in [-0.25, -0.2) is 8.78 Å². The lowest BCUT2D eigenvalue weighted by molar-refractivity contribution is 0.00788. The fraction of sp³-hybridized carbons (Fsp3) is 0.556. The molecule has 2 heteroatoms. The Morgan fingerprint density at radius 1 is 1.09 bits per heavy atom. The highest BCUT2D eigenvalue weighted by atomic mass is 19.3. The molecule has 0 fully saturated rings. The molecular weight excluding hydrogens is 146 g/mol. The molecule has 0 unspecified atom stereocenters. The first kappa shape index (κ1) is 13.0. The molecule has 0 saturated carbocycles. The van der Waals surface area contributed by atoms with Gasteiger partial charge in [0, 0.05) is 12.8 Å². The Morgan fingerprint density at radius 3 is 1.55 bits per heavy atom. The van der Waals surface area contributed by atoms with E-state index in [1.807, 2.05) is 13.8 Å². The summed E-state index contributed by atoms with van der Waals surface area (Å²) in [5, 5.41) is 0. The third kappa shape index (κ3) is 9.34. The first-order valence-electron chi connectivity index (χ1n) is 3.72. The lowest BCUT2D eigenvalue weighted by Crippen LogP contribution is -2.12. The van der Waals surface area contributed by atoms with E-state index in [-0.39, 0.29) is 12.8 Å². The molecule has 0 radical (unpaired) electrons. The number of rotatable bonds is 4. The van der Waals surface area contributed by atoms with Crippen LogP contribution in [0.25, 0.3) is 0 Å². The zero-order chi connectivity index (χ0) is 9.33. The van der Waals surface area contributed by atoms with Crippen LogP contribution in [-0.2, 0) is 0 Å². The summed E-state index contributed by atoms with van der Waals surface area (Å²) in [5.74, 6) is -2.64. The van der Waals surface area contributed by atoms with Gasteiger partial charge in [0.2, 0.25) is 0 Å². The van der Waals surface area contributed by atoms with Crippen LogP contribution in [0.2, 0.25) is 0 Å². The SMILES string of the molecule is C=CCC(F)(F)CC=C.CC. The van der Waals surface area contributed by atoms with Crippen LogP contribution < -0.4 is 0 Å². The van der Waals surface area contributed by atoms with Crippen molar-refractivity contribution in [1.82, 2.24) is 0 Å². The zero-order valence-electron chi connectivity index (χ0n) is 7.24. The molecule has 0 atom stereocenters. The Hall–Kier alpha value is -0.660. The Balaban J connectivity index is 0. The van der Waals surface area contributed by atoms with Crippen molar-refractivity contribution in [2.24, 2.45) is 0 Å². The van der Waals surface area contributed by atoms with E-state index in [1.54, 1.807) is 0 Å². The van der Waals surface area contributed by atoms with E-state index in [4.69, 9.17) is 0 Å². The highest BCUT2D eigenvalue weighted by molar-refractivity contribution is 4.84. The summed E-state index contributed by atoms with van der Waals surface area (Å²) in [6.45, 7) is 10.4. The van der Waals surface area contributed by atoms with Gasteiger partial charge in [-0.1, -0.05) is 26.0 Å². The molecule has 0 aliphatic carbocycles. The van der Waals surface area contributed by atoms with Crippen molar-refractivity contribution in [1.29, 1.82) is 0 Å². The second-order valence-corrected chi connectivity index (χ2v) is 1.84. The van der Waals surface area contributed by atoms with Crippen LogP contribution in [0, 0.1) is 0 Å². The molecule has 0 nitrogen and oxygen atoms in total. The molecule has 0 aromatic rings. The smallest absolute Gasteiger partial charge is 0.206 e. The lowest BCUT2D eigenvalue weighted by atomic mass is 10.2. The van der Waals surface area contributed by atoms with Gasteiger partial charge in [0.05, 0.1) is 0 Å². The number of halogens is 2.